The molecule has 2 rings (SSSR count). The van der Waals surface area contributed by atoms with E-state index in [-0.39, 0.29) is 6.04 Å². The maximum absolute atomic E-state index is 5.60. The smallest absolute Gasteiger partial charge is 0.119 e. The van der Waals surface area contributed by atoms with Crippen molar-refractivity contribution < 1.29 is 4.74 Å². The van der Waals surface area contributed by atoms with E-state index >= 15 is 0 Å². The molecule has 0 amide bonds. The third-order valence-electron chi connectivity index (χ3n) is 3.06. The first-order valence-electron chi connectivity index (χ1n) is 6.94. The second-order valence-corrected chi connectivity index (χ2v) is 6.04. The van der Waals surface area contributed by atoms with Gasteiger partial charge in [-0.25, -0.2) is 0 Å². The van der Waals surface area contributed by atoms with Crippen molar-refractivity contribution >= 4 is 28.3 Å². The van der Waals surface area contributed by atoms with Crippen LogP contribution >= 0.6 is 22.6 Å². The van der Waals surface area contributed by atoms with Crippen LogP contribution in [0.4, 0.5) is 5.69 Å². The fourth-order valence-electron chi connectivity index (χ4n) is 1.98. The summed E-state index contributed by atoms with van der Waals surface area (Å²) < 4.78 is 6.84. The van der Waals surface area contributed by atoms with Crippen LogP contribution in [0, 0.1) is 3.57 Å². The molecule has 0 radical (unpaired) electrons. The zero-order chi connectivity index (χ0) is 14.4. The van der Waals surface area contributed by atoms with Gasteiger partial charge in [0.05, 0.1) is 6.61 Å². The molecular weight excluding hydrogens is 361 g/mol. The maximum Gasteiger partial charge on any atom is 0.119 e. The summed E-state index contributed by atoms with van der Waals surface area (Å²) in [6.45, 7) is 5.05. The van der Waals surface area contributed by atoms with E-state index in [9.17, 15) is 0 Å². The van der Waals surface area contributed by atoms with Crippen LogP contribution in [0.15, 0.2) is 48.5 Å². The normalized spacial score (nSPS) is 11.9. The molecule has 1 unspecified atom stereocenters. The van der Waals surface area contributed by atoms with Gasteiger partial charge in [0.25, 0.3) is 0 Å². The molecule has 0 spiro atoms. The fraction of sp³-hybridized carbons (Fsp3) is 0.294. The second kappa shape index (κ2) is 7.53. The number of benzene rings is 2. The minimum Gasteiger partial charge on any atom is -0.494 e. The lowest BCUT2D eigenvalue weighted by atomic mass is 10.1. The molecule has 0 fully saturated rings. The van der Waals surface area contributed by atoms with Crippen molar-refractivity contribution in [1.82, 2.24) is 0 Å². The van der Waals surface area contributed by atoms with E-state index in [2.05, 4.69) is 78.2 Å². The summed E-state index contributed by atoms with van der Waals surface area (Å²) in [5.41, 5.74) is 2.41. The molecule has 2 aromatic carbocycles. The number of nitrogens with one attached hydrogen (secondary N) is 1. The molecule has 20 heavy (non-hydrogen) atoms. The van der Waals surface area contributed by atoms with E-state index in [1.165, 1.54) is 9.13 Å². The predicted octanol–water partition coefficient (Wildman–Crippen LogP) is 5.25. The van der Waals surface area contributed by atoms with Crippen molar-refractivity contribution in [2.45, 2.75) is 26.3 Å². The molecule has 0 saturated carbocycles. The number of hydrogen-bond donors (Lipinski definition) is 1. The van der Waals surface area contributed by atoms with Crippen LogP contribution in [0.25, 0.3) is 0 Å². The van der Waals surface area contributed by atoms with Gasteiger partial charge in [0.15, 0.2) is 0 Å². The second-order valence-electron chi connectivity index (χ2n) is 4.79. The van der Waals surface area contributed by atoms with Gasteiger partial charge in [-0.2, -0.15) is 0 Å². The quantitative estimate of drug-likeness (QED) is 0.690. The zero-order valence-electron chi connectivity index (χ0n) is 11.9. The lowest BCUT2D eigenvalue weighted by Crippen LogP contribution is -2.06. The Bertz CT molecular complexity index is 539. The van der Waals surface area contributed by atoms with Gasteiger partial charge in [-0.05, 0) is 71.8 Å². The van der Waals surface area contributed by atoms with Gasteiger partial charge in [-0.3, -0.25) is 0 Å². The molecule has 0 aromatic heterocycles. The lowest BCUT2D eigenvalue weighted by Gasteiger charge is -2.16. The van der Waals surface area contributed by atoms with Crippen molar-refractivity contribution in [3.8, 4) is 5.75 Å². The molecule has 0 heterocycles. The standard InChI is InChI=1S/C17H20INO/c1-3-11-20-17-9-7-14(8-10-17)13(2)19-16-6-4-5-15(18)12-16/h4-10,12-13,19H,3,11H2,1-2H3. The van der Waals surface area contributed by atoms with Crippen molar-refractivity contribution in [1.29, 1.82) is 0 Å². The van der Waals surface area contributed by atoms with Crippen LogP contribution in [0.3, 0.4) is 0 Å². The summed E-state index contributed by atoms with van der Waals surface area (Å²) >= 11 is 2.33. The molecule has 106 valence electrons. The number of rotatable bonds is 6. The maximum atomic E-state index is 5.60. The van der Waals surface area contributed by atoms with Gasteiger partial charge >= 0.3 is 0 Å². The minimum atomic E-state index is 0.272. The average molecular weight is 381 g/mol. The molecule has 0 bridgehead atoms. The van der Waals surface area contributed by atoms with Crippen molar-refractivity contribution in [3.63, 3.8) is 0 Å². The van der Waals surface area contributed by atoms with Crippen molar-refractivity contribution in [3.05, 3.63) is 57.7 Å². The number of ether oxygens (including phenoxy) is 1. The highest BCUT2D eigenvalue weighted by atomic mass is 127. The van der Waals surface area contributed by atoms with Crippen LogP contribution in [-0.2, 0) is 0 Å². The number of hydrogen-bond acceptors (Lipinski definition) is 2. The summed E-state index contributed by atoms with van der Waals surface area (Å²) in [7, 11) is 0. The SMILES string of the molecule is CCCOc1ccc(C(C)Nc2cccc(I)c2)cc1. The predicted molar refractivity (Wildman–Crippen MR) is 93.4 cm³/mol. The van der Waals surface area contributed by atoms with Gasteiger partial charge in [-0.15, -0.1) is 0 Å². The van der Waals surface area contributed by atoms with E-state index in [0.29, 0.717) is 0 Å². The van der Waals surface area contributed by atoms with Crippen LogP contribution in [-0.4, -0.2) is 6.61 Å². The summed E-state index contributed by atoms with van der Waals surface area (Å²) in [6, 6.07) is 17.0. The summed E-state index contributed by atoms with van der Waals surface area (Å²) in [5.74, 6) is 0.942. The minimum absolute atomic E-state index is 0.272. The number of anilines is 1. The third kappa shape index (κ3) is 4.40. The Morgan fingerprint density at radius 1 is 1.15 bits per heavy atom. The van der Waals surface area contributed by atoms with Crippen molar-refractivity contribution in [2.24, 2.45) is 0 Å². The molecule has 0 aliphatic carbocycles. The van der Waals surface area contributed by atoms with Gasteiger partial charge in [-0.1, -0.05) is 25.1 Å². The molecule has 0 saturated heterocycles. The fourth-order valence-corrected chi connectivity index (χ4v) is 2.53. The first kappa shape index (κ1) is 15.2. The van der Waals surface area contributed by atoms with E-state index < -0.39 is 0 Å². The van der Waals surface area contributed by atoms with E-state index in [4.69, 9.17) is 4.74 Å². The lowest BCUT2D eigenvalue weighted by molar-refractivity contribution is 0.317. The van der Waals surface area contributed by atoms with E-state index in [0.717, 1.165) is 24.5 Å². The summed E-state index contributed by atoms with van der Waals surface area (Å²) in [5, 5.41) is 3.52. The van der Waals surface area contributed by atoms with Gasteiger partial charge in [0, 0.05) is 15.3 Å². The zero-order valence-corrected chi connectivity index (χ0v) is 14.1. The molecule has 3 heteroatoms. The average Bonchev–Trinajstić information content (AvgIpc) is 2.45. The van der Waals surface area contributed by atoms with Gasteiger partial charge in [0.2, 0.25) is 0 Å². The Morgan fingerprint density at radius 3 is 2.55 bits per heavy atom. The van der Waals surface area contributed by atoms with Crippen LogP contribution in [0.5, 0.6) is 5.75 Å². The first-order valence-corrected chi connectivity index (χ1v) is 8.02. The van der Waals surface area contributed by atoms with Crippen LogP contribution in [0.2, 0.25) is 0 Å². The largest absolute Gasteiger partial charge is 0.494 e. The molecule has 2 nitrogen and oxygen atoms in total. The van der Waals surface area contributed by atoms with Crippen LogP contribution in [0.1, 0.15) is 31.9 Å². The highest BCUT2D eigenvalue weighted by Crippen LogP contribution is 2.22. The molecule has 2 aromatic rings. The Balaban J connectivity index is 2.00. The Morgan fingerprint density at radius 2 is 1.90 bits per heavy atom. The molecular formula is C17H20INO. The molecule has 0 aliphatic rings. The highest BCUT2D eigenvalue weighted by molar-refractivity contribution is 14.1. The Hall–Kier alpha value is -1.23. The number of halogens is 1. The molecule has 1 N–H and O–H groups in total. The Labute approximate surface area is 134 Å². The first-order chi connectivity index (χ1) is 9.69. The summed E-state index contributed by atoms with van der Waals surface area (Å²) in [4.78, 5) is 0. The highest BCUT2D eigenvalue weighted by Gasteiger charge is 2.05. The molecule has 0 aliphatic heterocycles. The van der Waals surface area contributed by atoms with Crippen LogP contribution < -0.4 is 10.1 Å². The molecule has 1 atom stereocenters. The van der Waals surface area contributed by atoms with Gasteiger partial charge < -0.3 is 10.1 Å². The topological polar surface area (TPSA) is 21.3 Å². The Kier molecular flexibility index (Phi) is 5.71. The third-order valence-corrected chi connectivity index (χ3v) is 3.73. The van der Waals surface area contributed by atoms with Crippen molar-refractivity contribution in [2.75, 3.05) is 11.9 Å². The monoisotopic (exact) mass is 381 g/mol. The van der Waals surface area contributed by atoms with E-state index in [1.807, 2.05) is 12.1 Å². The van der Waals surface area contributed by atoms with E-state index in [1.54, 1.807) is 0 Å². The van der Waals surface area contributed by atoms with Gasteiger partial charge in [0.1, 0.15) is 5.75 Å². The summed E-state index contributed by atoms with van der Waals surface area (Å²) in [6.07, 6.45) is 1.03.